The Bertz CT molecular complexity index is 1300. The maximum Gasteiger partial charge on any atom is 0.219 e. The molecule has 1 atom stereocenters. The van der Waals surface area contributed by atoms with Gasteiger partial charge < -0.3 is 14.5 Å². The van der Waals surface area contributed by atoms with Crippen LogP contribution in [-0.2, 0) is 36.1 Å². The van der Waals surface area contributed by atoms with Gasteiger partial charge >= 0.3 is 0 Å². The minimum atomic E-state index is -0.580. The summed E-state index contributed by atoms with van der Waals surface area (Å²) in [6.45, 7) is 5.37. The number of fused-ring (bicyclic) bond motifs is 1. The molecule has 1 fully saturated rings. The van der Waals surface area contributed by atoms with Crippen molar-refractivity contribution in [3.8, 4) is 11.3 Å². The standard InChI is InChI=1S/C26H31F2N7O2/c1-17(36)34-7-6-23-24(15-34)30-25(19-11-29-32(2)12-19)26(31-23)35-9-8-33(14-21(35)16-37-3)13-18-4-5-20(27)10-22(18)28/h4-5,10-12,21H,6-9,13-16H2,1-3H3/t21-/m0/s1. The molecule has 0 aliphatic carbocycles. The van der Waals surface area contributed by atoms with Gasteiger partial charge in [-0.15, -0.1) is 0 Å². The van der Waals surface area contributed by atoms with Crippen LogP contribution in [-0.4, -0.2) is 81.4 Å². The Morgan fingerprint density at radius 1 is 1.16 bits per heavy atom. The molecule has 1 amide bonds. The van der Waals surface area contributed by atoms with E-state index >= 15 is 0 Å². The lowest BCUT2D eigenvalue weighted by Crippen LogP contribution is -2.55. The number of halogens is 2. The number of aryl methyl sites for hydroxylation is 1. The lowest BCUT2D eigenvalue weighted by atomic mass is 10.1. The van der Waals surface area contributed by atoms with Crippen LogP contribution in [0.25, 0.3) is 11.3 Å². The fraction of sp³-hybridized carbons (Fsp3) is 0.462. The van der Waals surface area contributed by atoms with E-state index in [0.29, 0.717) is 57.9 Å². The molecule has 0 radical (unpaired) electrons. The van der Waals surface area contributed by atoms with E-state index in [1.54, 1.807) is 29.8 Å². The van der Waals surface area contributed by atoms with Crippen molar-refractivity contribution in [1.29, 1.82) is 0 Å². The molecule has 3 aromatic rings. The van der Waals surface area contributed by atoms with Gasteiger partial charge in [0.2, 0.25) is 5.91 Å². The van der Waals surface area contributed by atoms with Crippen molar-refractivity contribution < 1.29 is 18.3 Å². The number of hydrogen-bond donors (Lipinski definition) is 0. The monoisotopic (exact) mass is 511 g/mol. The molecule has 0 saturated carbocycles. The van der Waals surface area contributed by atoms with Gasteiger partial charge in [-0.3, -0.25) is 14.4 Å². The minimum absolute atomic E-state index is 0.0216. The first kappa shape index (κ1) is 25.2. The summed E-state index contributed by atoms with van der Waals surface area (Å²) in [6.07, 6.45) is 4.32. The number of aromatic nitrogens is 4. The van der Waals surface area contributed by atoms with E-state index in [2.05, 4.69) is 14.9 Å². The van der Waals surface area contributed by atoms with Crippen molar-refractivity contribution in [1.82, 2.24) is 29.5 Å². The largest absolute Gasteiger partial charge is 0.383 e. The molecule has 0 spiro atoms. The summed E-state index contributed by atoms with van der Waals surface area (Å²) in [5.41, 5.74) is 3.73. The van der Waals surface area contributed by atoms with E-state index in [1.165, 1.54) is 12.1 Å². The Morgan fingerprint density at radius 3 is 2.70 bits per heavy atom. The van der Waals surface area contributed by atoms with E-state index in [4.69, 9.17) is 14.7 Å². The van der Waals surface area contributed by atoms with E-state index in [0.717, 1.165) is 34.5 Å². The predicted molar refractivity (Wildman–Crippen MR) is 134 cm³/mol. The third-order valence-corrected chi connectivity index (χ3v) is 7.02. The molecule has 2 aromatic heterocycles. The number of rotatable bonds is 6. The normalized spacial score (nSPS) is 18.2. The first-order valence-electron chi connectivity index (χ1n) is 12.4. The summed E-state index contributed by atoms with van der Waals surface area (Å²) in [5.74, 6) is -0.334. The van der Waals surface area contributed by atoms with E-state index in [-0.39, 0.29) is 11.9 Å². The average Bonchev–Trinajstić information content (AvgIpc) is 3.31. The predicted octanol–water partition coefficient (Wildman–Crippen LogP) is 2.40. The zero-order valence-corrected chi connectivity index (χ0v) is 21.3. The lowest BCUT2D eigenvalue weighted by Gasteiger charge is -2.42. The number of ether oxygens (including phenoxy) is 1. The second kappa shape index (κ2) is 10.5. The molecule has 37 heavy (non-hydrogen) atoms. The number of hydrogen-bond acceptors (Lipinski definition) is 7. The molecule has 0 unspecified atom stereocenters. The van der Waals surface area contributed by atoms with Gasteiger partial charge in [0.1, 0.15) is 17.3 Å². The molecule has 2 aliphatic heterocycles. The number of carbonyl (C=O) groups excluding carboxylic acids is 1. The first-order valence-corrected chi connectivity index (χ1v) is 12.4. The van der Waals surface area contributed by atoms with Crippen molar-refractivity contribution >= 4 is 11.7 Å². The number of methoxy groups -OCH3 is 1. The van der Waals surface area contributed by atoms with Crippen LogP contribution in [0.5, 0.6) is 0 Å². The SMILES string of the molecule is COC[C@@H]1CN(Cc2ccc(F)cc2F)CCN1c1nc2c(nc1-c1cnn(C)c1)CN(C(C)=O)CC2. The van der Waals surface area contributed by atoms with Gasteiger partial charge in [0.05, 0.1) is 36.8 Å². The Morgan fingerprint density at radius 2 is 2.00 bits per heavy atom. The maximum absolute atomic E-state index is 14.3. The summed E-state index contributed by atoms with van der Waals surface area (Å²) in [7, 11) is 3.52. The Labute approximate surface area is 214 Å². The zero-order chi connectivity index (χ0) is 26.1. The molecule has 0 bridgehead atoms. The summed E-state index contributed by atoms with van der Waals surface area (Å²) in [5, 5.41) is 4.33. The topological polar surface area (TPSA) is 79.6 Å². The number of carbonyl (C=O) groups is 1. The second-order valence-electron chi connectivity index (χ2n) is 9.66. The van der Waals surface area contributed by atoms with E-state index in [9.17, 15) is 13.6 Å². The third kappa shape index (κ3) is 5.33. The van der Waals surface area contributed by atoms with Crippen LogP contribution in [0.3, 0.4) is 0 Å². The molecule has 2 aliphatic rings. The Kier molecular flexibility index (Phi) is 7.16. The van der Waals surface area contributed by atoms with Crippen LogP contribution in [0.2, 0.25) is 0 Å². The molecule has 5 rings (SSSR count). The van der Waals surface area contributed by atoms with Crippen molar-refractivity contribution in [3.63, 3.8) is 0 Å². The fourth-order valence-electron chi connectivity index (χ4n) is 5.10. The Balaban J connectivity index is 1.46. The van der Waals surface area contributed by atoms with Gasteiger partial charge in [0, 0.05) is 83.6 Å². The smallest absolute Gasteiger partial charge is 0.219 e. The number of benzene rings is 1. The number of anilines is 1. The first-order chi connectivity index (χ1) is 17.8. The van der Waals surface area contributed by atoms with Crippen molar-refractivity contribution in [2.24, 2.45) is 7.05 Å². The number of amides is 1. The number of piperazine rings is 1. The highest BCUT2D eigenvalue weighted by atomic mass is 19.1. The minimum Gasteiger partial charge on any atom is -0.383 e. The Hall–Kier alpha value is -3.44. The van der Waals surface area contributed by atoms with Gasteiger partial charge in [-0.1, -0.05) is 6.07 Å². The molecule has 4 heterocycles. The van der Waals surface area contributed by atoms with Crippen molar-refractivity contribution in [2.45, 2.75) is 32.5 Å². The molecule has 0 N–H and O–H groups in total. The summed E-state index contributed by atoms with van der Waals surface area (Å²) in [4.78, 5) is 28.2. The van der Waals surface area contributed by atoms with Crippen molar-refractivity contribution in [2.75, 3.05) is 44.8 Å². The second-order valence-corrected chi connectivity index (χ2v) is 9.66. The molecule has 1 aromatic carbocycles. The highest BCUT2D eigenvalue weighted by Gasteiger charge is 2.33. The molecule has 11 heteroatoms. The van der Waals surface area contributed by atoms with Gasteiger partial charge in [-0.05, 0) is 6.07 Å². The molecule has 9 nitrogen and oxygen atoms in total. The fourth-order valence-corrected chi connectivity index (χ4v) is 5.10. The summed E-state index contributed by atoms with van der Waals surface area (Å²) in [6, 6.07) is 3.66. The number of nitrogens with zero attached hydrogens (tertiary/aromatic N) is 7. The van der Waals surface area contributed by atoms with Crippen LogP contribution >= 0.6 is 0 Å². The van der Waals surface area contributed by atoms with Crippen LogP contribution in [0.4, 0.5) is 14.6 Å². The van der Waals surface area contributed by atoms with E-state index in [1.807, 2.05) is 13.2 Å². The molecule has 1 saturated heterocycles. The highest BCUT2D eigenvalue weighted by Crippen LogP contribution is 2.33. The quantitative estimate of drug-likeness (QED) is 0.503. The van der Waals surface area contributed by atoms with Crippen LogP contribution in [0.15, 0.2) is 30.6 Å². The summed E-state index contributed by atoms with van der Waals surface area (Å²) >= 11 is 0. The maximum atomic E-state index is 14.3. The zero-order valence-electron chi connectivity index (χ0n) is 21.3. The average molecular weight is 512 g/mol. The van der Waals surface area contributed by atoms with Gasteiger partial charge in [0.15, 0.2) is 5.82 Å². The molecular formula is C26H31F2N7O2. The van der Waals surface area contributed by atoms with Crippen molar-refractivity contribution in [3.05, 3.63) is 59.2 Å². The molecule has 196 valence electrons. The van der Waals surface area contributed by atoms with Gasteiger partial charge in [-0.2, -0.15) is 5.10 Å². The highest BCUT2D eigenvalue weighted by molar-refractivity contribution is 5.74. The molecular weight excluding hydrogens is 480 g/mol. The van der Waals surface area contributed by atoms with E-state index < -0.39 is 11.6 Å². The lowest BCUT2D eigenvalue weighted by molar-refractivity contribution is -0.129. The summed E-state index contributed by atoms with van der Waals surface area (Å²) < 4.78 is 35.0. The van der Waals surface area contributed by atoms with Gasteiger partial charge in [0.25, 0.3) is 0 Å². The third-order valence-electron chi connectivity index (χ3n) is 7.02. The van der Waals surface area contributed by atoms with Crippen LogP contribution in [0.1, 0.15) is 23.9 Å². The van der Waals surface area contributed by atoms with Crippen LogP contribution in [0, 0.1) is 11.6 Å². The van der Waals surface area contributed by atoms with Crippen LogP contribution < -0.4 is 4.90 Å². The van der Waals surface area contributed by atoms with Gasteiger partial charge in [-0.25, -0.2) is 18.7 Å².